The lowest BCUT2D eigenvalue weighted by Gasteiger charge is -2.32. The number of amides is 1. The molecule has 1 aliphatic rings. The summed E-state index contributed by atoms with van der Waals surface area (Å²) in [7, 11) is 0. The fourth-order valence-corrected chi connectivity index (χ4v) is 2.07. The number of anilines is 1. The zero-order valence-electron chi connectivity index (χ0n) is 8.23. The number of carbonyl (C=O) groups excluding carboxylic acids is 1. The molecule has 0 unspecified atom stereocenters. The van der Waals surface area contributed by atoms with Gasteiger partial charge in [0.2, 0.25) is 5.91 Å². The Labute approximate surface area is 88.3 Å². The van der Waals surface area contributed by atoms with Gasteiger partial charge in [-0.1, -0.05) is 31.5 Å². The molecule has 2 rings (SSSR count). The molecule has 1 heterocycles. The van der Waals surface area contributed by atoms with Crippen LogP contribution in [-0.2, 0) is 10.2 Å². The largest absolute Gasteiger partial charge is 0.326 e. The molecule has 0 atom stereocenters. The fraction of sp³-hybridized carbons (Fsp3) is 0.364. The van der Waals surface area contributed by atoms with E-state index >= 15 is 0 Å². The second kappa shape index (κ2) is 2.99. The summed E-state index contributed by atoms with van der Waals surface area (Å²) in [5.41, 5.74) is 1.91. The van der Waals surface area contributed by atoms with Gasteiger partial charge in [-0.05, 0) is 17.7 Å². The third kappa shape index (κ3) is 1.50. The molecule has 1 aromatic rings. The van der Waals surface area contributed by atoms with Crippen LogP contribution < -0.4 is 5.32 Å². The Kier molecular flexibility index (Phi) is 2.04. The predicted octanol–water partition coefficient (Wildman–Crippen LogP) is 2.96. The van der Waals surface area contributed by atoms with E-state index in [0.717, 1.165) is 11.3 Å². The first-order valence-corrected chi connectivity index (χ1v) is 4.97. The van der Waals surface area contributed by atoms with Gasteiger partial charge in [-0.2, -0.15) is 0 Å². The Morgan fingerprint density at radius 3 is 2.86 bits per heavy atom. The molecule has 0 radical (unpaired) electrons. The van der Waals surface area contributed by atoms with Gasteiger partial charge in [-0.3, -0.25) is 4.79 Å². The fourth-order valence-electron chi connectivity index (χ4n) is 1.90. The van der Waals surface area contributed by atoms with E-state index in [2.05, 4.69) is 19.2 Å². The van der Waals surface area contributed by atoms with Crippen LogP contribution in [0.25, 0.3) is 0 Å². The van der Waals surface area contributed by atoms with Crippen LogP contribution in [0.1, 0.15) is 25.8 Å². The Morgan fingerprint density at radius 2 is 2.14 bits per heavy atom. The number of benzene rings is 1. The summed E-state index contributed by atoms with van der Waals surface area (Å²) in [5, 5.41) is 3.49. The van der Waals surface area contributed by atoms with Gasteiger partial charge in [0, 0.05) is 22.5 Å². The molecule has 0 fully saturated rings. The minimum atomic E-state index is -0.0950. The first-order chi connectivity index (χ1) is 6.49. The van der Waals surface area contributed by atoms with Gasteiger partial charge in [0.1, 0.15) is 0 Å². The Balaban J connectivity index is 2.57. The van der Waals surface area contributed by atoms with Crippen LogP contribution in [0.2, 0.25) is 5.02 Å². The number of halogens is 1. The Morgan fingerprint density at radius 1 is 1.43 bits per heavy atom. The molecule has 14 heavy (non-hydrogen) atoms. The lowest BCUT2D eigenvalue weighted by molar-refractivity contribution is -0.117. The highest BCUT2D eigenvalue weighted by Gasteiger charge is 2.31. The Hall–Kier alpha value is -1.02. The Bertz CT molecular complexity index is 398. The molecular weight excluding hydrogens is 198 g/mol. The monoisotopic (exact) mass is 209 g/mol. The normalized spacial score (nSPS) is 18.6. The summed E-state index contributed by atoms with van der Waals surface area (Å²) in [5.74, 6) is 0.0600. The highest BCUT2D eigenvalue weighted by Crippen LogP contribution is 2.38. The molecule has 74 valence electrons. The van der Waals surface area contributed by atoms with E-state index in [-0.39, 0.29) is 11.3 Å². The van der Waals surface area contributed by atoms with Crippen molar-refractivity contribution in [3.63, 3.8) is 0 Å². The molecule has 1 aliphatic heterocycles. The van der Waals surface area contributed by atoms with E-state index in [4.69, 9.17) is 11.6 Å². The second-order valence-electron chi connectivity index (χ2n) is 4.30. The minimum Gasteiger partial charge on any atom is -0.326 e. The molecule has 0 saturated carbocycles. The first-order valence-electron chi connectivity index (χ1n) is 4.59. The highest BCUT2D eigenvalue weighted by molar-refractivity contribution is 6.31. The van der Waals surface area contributed by atoms with Crippen LogP contribution in [-0.4, -0.2) is 5.91 Å². The summed E-state index contributed by atoms with van der Waals surface area (Å²) in [6.07, 6.45) is 0.529. The van der Waals surface area contributed by atoms with Crippen LogP contribution in [0, 0.1) is 0 Å². The number of nitrogens with one attached hydrogen (secondary N) is 1. The molecule has 0 aromatic heterocycles. The average molecular weight is 210 g/mol. The SMILES string of the molecule is CC1(C)CC(=O)Nc2cc(Cl)ccc21. The van der Waals surface area contributed by atoms with Crippen molar-refractivity contribution >= 4 is 23.2 Å². The number of carbonyl (C=O) groups is 1. The lowest BCUT2D eigenvalue weighted by atomic mass is 9.78. The van der Waals surface area contributed by atoms with Gasteiger partial charge in [0.25, 0.3) is 0 Å². The van der Waals surface area contributed by atoms with E-state index in [1.165, 1.54) is 0 Å². The van der Waals surface area contributed by atoms with Crippen LogP contribution in [0.4, 0.5) is 5.69 Å². The van der Waals surface area contributed by atoms with Crippen LogP contribution in [0.5, 0.6) is 0 Å². The van der Waals surface area contributed by atoms with Crippen molar-refractivity contribution in [3.05, 3.63) is 28.8 Å². The molecule has 1 aromatic carbocycles. The molecular formula is C11H12ClNO. The predicted molar refractivity (Wildman–Crippen MR) is 57.7 cm³/mol. The van der Waals surface area contributed by atoms with Gasteiger partial charge in [-0.25, -0.2) is 0 Å². The van der Waals surface area contributed by atoms with E-state index in [0.29, 0.717) is 11.4 Å². The highest BCUT2D eigenvalue weighted by atomic mass is 35.5. The van der Waals surface area contributed by atoms with Gasteiger partial charge in [0.15, 0.2) is 0 Å². The molecule has 0 saturated heterocycles. The van der Waals surface area contributed by atoms with E-state index in [1.54, 1.807) is 6.07 Å². The number of hydrogen-bond acceptors (Lipinski definition) is 1. The van der Waals surface area contributed by atoms with Crippen molar-refractivity contribution in [3.8, 4) is 0 Å². The van der Waals surface area contributed by atoms with Crippen molar-refractivity contribution in [2.75, 3.05) is 5.32 Å². The van der Waals surface area contributed by atoms with Crippen LogP contribution >= 0.6 is 11.6 Å². The van der Waals surface area contributed by atoms with Gasteiger partial charge in [0.05, 0.1) is 0 Å². The molecule has 0 bridgehead atoms. The molecule has 3 heteroatoms. The zero-order valence-corrected chi connectivity index (χ0v) is 8.98. The van der Waals surface area contributed by atoms with Crippen LogP contribution in [0.15, 0.2) is 18.2 Å². The lowest BCUT2D eigenvalue weighted by Crippen LogP contribution is -2.32. The van der Waals surface area contributed by atoms with Crippen LogP contribution in [0.3, 0.4) is 0 Å². The maximum absolute atomic E-state index is 11.4. The summed E-state index contributed by atoms with van der Waals surface area (Å²) in [4.78, 5) is 11.4. The summed E-state index contributed by atoms with van der Waals surface area (Å²) >= 11 is 5.87. The van der Waals surface area contributed by atoms with Crippen molar-refractivity contribution in [2.45, 2.75) is 25.7 Å². The molecule has 0 aliphatic carbocycles. The minimum absolute atomic E-state index is 0.0600. The average Bonchev–Trinajstić information content (AvgIpc) is 2.00. The zero-order chi connectivity index (χ0) is 10.3. The smallest absolute Gasteiger partial charge is 0.225 e. The topological polar surface area (TPSA) is 29.1 Å². The standard InChI is InChI=1S/C11H12ClNO/c1-11(2)6-10(14)13-9-5-7(12)3-4-8(9)11/h3-5H,6H2,1-2H3,(H,13,14). The van der Waals surface area contributed by atoms with Gasteiger partial charge >= 0.3 is 0 Å². The van der Waals surface area contributed by atoms with Crippen molar-refractivity contribution < 1.29 is 4.79 Å². The maximum atomic E-state index is 11.4. The van der Waals surface area contributed by atoms with Crippen molar-refractivity contribution in [2.24, 2.45) is 0 Å². The maximum Gasteiger partial charge on any atom is 0.225 e. The number of hydrogen-bond donors (Lipinski definition) is 1. The molecule has 1 N–H and O–H groups in total. The molecule has 2 nitrogen and oxygen atoms in total. The second-order valence-corrected chi connectivity index (χ2v) is 4.74. The van der Waals surface area contributed by atoms with E-state index in [1.807, 2.05) is 12.1 Å². The van der Waals surface area contributed by atoms with Gasteiger partial charge in [-0.15, -0.1) is 0 Å². The van der Waals surface area contributed by atoms with Crippen molar-refractivity contribution in [1.29, 1.82) is 0 Å². The van der Waals surface area contributed by atoms with E-state index in [9.17, 15) is 4.79 Å². The quantitative estimate of drug-likeness (QED) is 0.700. The van der Waals surface area contributed by atoms with Gasteiger partial charge < -0.3 is 5.32 Å². The molecule has 0 spiro atoms. The summed E-state index contributed by atoms with van der Waals surface area (Å²) in [6, 6.07) is 5.65. The first kappa shape index (κ1) is 9.53. The van der Waals surface area contributed by atoms with E-state index < -0.39 is 0 Å². The summed E-state index contributed by atoms with van der Waals surface area (Å²) in [6.45, 7) is 4.14. The third-order valence-electron chi connectivity index (χ3n) is 2.59. The number of rotatable bonds is 0. The number of fused-ring (bicyclic) bond motifs is 1. The third-order valence-corrected chi connectivity index (χ3v) is 2.82. The molecule has 1 amide bonds. The summed E-state index contributed by atoms with van der Waals surface area (Å²) < 4.78 is 0. The van der Waals surface area contributed by atoms with Crippen molar-refractivity contribution in [1.82, 2.24) is 0 Å².